The first-order chi connectivity index (χ1) is 9.34. The molecule has 0 saturated heterocycles. The monoisotopic (exact) mass is 270 g/mol. The van der Waals surface area contributed by atoms with Gasteiger partial charge in [0, 0.05) is 18.0 Å². The molecule has 0 radical (unpaired) electrons. The van der Waals surface area contributed by atoms with Gasteiger partial charge in [-0.1, -0.05) is 30.3 Å². The molecular formula is C14H11ClN4. The van der Waals surface area contributed by atoms with Crippen molar-refractivity contribution in [2.75, 3.05) is 0 Å². The maximum Gasteiger partial charge on any atom is 0.225 e. The van der Waals surface area contributed by atoms with E-state index in [0.717, 1.165) is 17.0 Å². The lowest BCUT2D eigenvalue weighted by atomic mass is 10.2. The van der Waals surface area contributed by atoms with Crippen LogP contribution in [0.25, 0.3) is 11.4 Å². The Balaban J connectivity index is 2.00. The predicted octanol–water partition coefficient (Wildman–Crippen LogP) is 3.04. The van der Waals surface area contributed by atoms with Crippen LogP contribution >= 0.6 is 11.6 Å². The Hall–Kier alpha value is -2.20. The van der Waals surface area contributed by atoms with Gasteiger partial charge >= 0.3 is 0 Å². The number of benzene rings is 1. The van der Waals surface area contributed by atoms with Crippen molar-refractivity contribution >= 4 is 11.6 Å². The van der Waals surface area contributed by atoms with Crippen LogP contribution in [0, 0.1) is 0 Å². The van der Waals surface area contributed by atoms with Crippen LogP contribution in [0.15, 0.2) is 54.9 Å². The number of pyridine rings is 1. The molecule has 0 aliphatic carbocycles. The van der Waals surface area contributed by atoms with E-state index < -0.39 is 0 Å². The largest absolute Gasteiger partial charge is 0.293 e. The highest BCUT2D eigenvalue weighted by atomic mass is 35.5. The fraction of sp³-hybridized carbons (Fsp3) is 0.0714. The van der Waals surface area contributed by atoms with E-state index in [9.17, 15) is 0 Å². The second kappa shape index (κ2) is 5.20. The Bertz CT molecular complexity index is 664. The minimum atomic E-state index is 0.385. The van der Waals surface area contributed by atoms with Crippen LogP contribution in [0.1, 0.15) is 5.56 Å². The van der Waals surface area contributed by atoms with Gasteiger partial charge in [-0.2, -0.15) is 0 Å². The quantitative estimate of drug-likeness (QED) is 0.735. The molecule has 19 heavy (non-hydrogen) atoms. The summed E-state index contributed by atoms with van der Waals surface area (Å²) in [5.41, 5.74) is 2.10. The van der Waals surface area contributed by atoms with E-state index in [-0.39, 0.29) is 0 Å². The average molecular weight is 271 g/mol. The van der Waals surface area contributed by atoms with Gasteiger partial charge in [0.15, 0.2) is 5.82 Å². The maximum atomic E-state index is 6.12. The normalized spacial score (nSPS) is 10.6. The number of hydrogen-bond donors (Lipinski definition) is 0. The Morgan fingerprint density at radius 1 is 0.947 bits per heavy atom. The van der Waals surface area contributed by atoms with Crippen LogP contribution in [0.5, 0.6) is 0 Å². The SMILES string of the molecule is Clc1nnc(-c2ccccc2)n1Cc1ccncc1. The van der Waals surface area contributed by atoms with E-state index in [1.807, 2.05) is 47.0 Å². The van der Waals surface area contributed by atoms with Gasteiger partial charge in [-0.25, -0.2) is 0 Å². The molecule has 1 aromatic carbocycles. The molecule has 0 unspecified atom stereocenters. The summed E-state index contributed by atoms with van der Waals surface area (Å²) in [6.45, 7) is 0.624. The fourth-order valence-corrected chi connectivity index (χ4v) is 2.07. The van der Waals surface area contributed by atoms with Gasteiger partial charge in [-0.15, -0.1) is 10.2 Å². The van der Waals surface area contributed by atoms with Crippen LogP contribution in [0.2, 0.25) is 5.28 Å². The highest BCUT2D eigenvalue weighted by Crippen LogP contribution is 2.21. The Morgan fingerprint density at radius 3 is 2.42 bits per heavy atom. The molecule has 0 fully saturated rings. The first-order valence-corrected chi connectivity index (χ1v) is 6.25. The predicted molar refractivity (Wildman–Crippen MR) is 73.8 cm³/mol. The van der Waals surface area contributed by atoms with Crippen LogP contribution in [0.4, 0.5) is 0 Å². The van der Waals surface area contributed by atoms with E-state index >= 15 is 0 Å². The zero-order chi connectivity index (χ0) is 13.1. The van der Waals surface area contributed by atoms with Crippen molar-refractivity contribution in [3.63, 3.8) is 0 Å². The average Bonchev–Trinajstić information content (AvgIpc) is 2.82. The highest BCUT2D eigenvalue weighted by Gasteiger charge is 2.12. The molecule has 0 saturated carbocycles. The van der Waals surface area contributed by atoms with Crippen LogP contribution in [0.3, 0.4) is 0 Å². The van der Waals surface area contributed by atoms with Crippen molar-refractivity contribution in [2.45, 2.75) is 6.54 Å². The van der Waals surface area contributed by atoms with Gasteiger partial charge in [-0.3, -0.25) is 9.55 Å². The molecule has 0 spiro atoms. The number of hydrogen-bond acceptors (Lipinski definition) is 3. The number of nitrogens with zero attached hydrogens (tertiary/aromatic N) is 4. The molecule has 5 heteroatoms. The Morgan fingerprint density at radius 2 is 1.68 bits per heavy atom. The maximum absolute atomic E-state index is 6.12. The standard InChI is InChI=1S/C14H11ClN4/c15-14-18-17-13(12-4-2-1-3-5-12)19(14)10-11-6-8-16-9-7-11/h1-9H,10H2. The third kappa shape index (κ3) is 2.48. The minimum absolute atomic E-state index is 0.385. The summed E-state index contributed by atoms with van der Waals surface area (Å²) in [5, 5.41) is 8.48. The van der Waals surface area contributed by atoms with E-state index in [2.05, 4.69) is 15.2 Å². The topological polar surface area (TPSA) is 43.6 Å². The van der Waals surface area contributed by atoms with E-state index in [4.69, 9.17) is 11.6 Å². The van der Waals surface area contributed by atoms with Crippen molar-refractivity contribution in [3.8, 4) is 11.4 Å². The molecule has 3 aromatic rings. The molecule has 0 bridgehead atoms. The Kier molecular flexibility index (Phi) is 3.25. The summed E-state index contributed by atoms with van der Waals surface area (Å²) in [7, 11) is 0. The molecule has 0 amide bonds. The van der Waals surface area contributed by atoms with Gasteiger partial charge in [0.2, 0.25) is 5.28 Å². The third-order valence-electron chi connectivity index (χ3n) is 2.83. The number of rotatable bonds is 3. The van der Waals surface area contributed by atoms with Crippen molar-refractivity contribution in [1.82, 2.24) is 19.7 Å². The lowest BCUT2D eigenvalue weighted by Gasteiger charge is -2.07. The first kappa shape index (κ1) is 11.9. The van der Waals surface area contributed by atoms with Crippen LogP contribution in [-0.4, -0.2) is 19.7 Å². The summed E-state index contributed by atoms with van der Waals surface area (Å²) in [5.74, 6) is 0.766. The second-order valence-corrected chi connectivity index (χ2v) is 4.44. The van der Waals surface area contributed by atoms with Crippen molar-refractivity contribution in [2.24, 2.45) is 0 Å². The zero-order valence-electron chi connectivity index (χ0n) is 10.1. The minimum Gasteiger partial charge on any atom is -0.293 e. The Labute approximate surface area is 115 Å². The van der Waals surface area contributed by atoms with Gasteiger partial charge in [0.25, 0.3) is 0 Å². The summed E-state index contributed by atoms with van der Waals surface area (Å²) in [6.07, 6.45) is 3.52. The fourth-order valence-electron chi connectivity index (χ4n) is 1.90. The molecular weight excluding hydrogens is 260 g/mol. The number of aromatic nitrogens is 4. The number of halogens is 1. The second-order valence-electron chi connectivity index (χ2n) is 4.10. The molecule has 0 N–H and O–H groups in total. The molecule has 0 aliphatic heterocycles. The highest BCUT2D eigenvalue weighted by molar-refractivity contribution is 6.28. The molecule has 94 valence electrons. The van der Waals surface area contributed by atoms with Crippen LogP contribution in [-0.2, 0) is 6.54 Å². The first-order valence-electron chi connectivity index (χ1n) is 5.87. The van der Waals surface area contributed by atoms with E-state index in [1.165, 1.54) is 0 Å². The third-order valence-corrected chi connectivity index (χ3v) is 3.11. The van der Waals surface area contributed by atoms with Crippen LogP contribution < -0.4 is 0 Å². The van der Waals surface area contributed by atoms with E-state index in [0.29, 0.717) is 11.8 Å². The molecule has 2 aromatic heterocycles. The lowest BCUT2D eigenvalue weighted by Crippen LogP contribution is -2.02. The van der Waals surface area contributed by atoms with Crippen molar-refractivity contribution < 1.29 is 0 Å². The van der Waals surface area contributed by atoms with Crippen molar-refractivity contribution in [1.29, 1.82) is 0 Å². The summed E-state index contributed by atoms with van der Waals surface area (Å²) in [6, 6.07) is 13.8. The van der Waals surface area contributed by atoms with Gasteiger partial charge < -0.3 is 0 Å². The zero-order valence-corrected chi connectivity index (χ0v) is 10.8. The van der Waals surface area contributed by atoms with E-state index in [1.54, 1.807) is 12.4 Å². The smallest absolute Gasteiger partial charge is 0.225 e. The molecule has 3 rings (SSSR count). The summed E-state index contributed by atoms with van der Waals surface area (Å²) in [4.78, 5) is 4.00. The summed E-state index contributed by atoms with van der Waals surface area (Å²) < 4.78 is 1.88. The molecule has 4 nitrogen and oxygen atoms in total. The van der Waals surface area contributed by atoms with Gasteiger partial charge in [0.05, 0.1) is 6.54 Å². The molecule has 0 aliphatic rings. The van der Waals surface area contributed by atoms with Gasteiger partial charge in [0.1, 0.15) is 0 Å². The molecule has 2 heterocycles. The lowest BCUT2D eigenvalue weighted by molar-refractivity contribution is 0.802. The van der Waals surface area contributed by atoms with Crippen molar-refractivity contribution in [3.05, 3.63) is 65.7 Å². The van der Waals surface area contributed by atoms with Gasteiger partial charge in [-0.05, 0) is 29.3 Å². The molecule has 0 atom stereocenters. The summed E-state index contributed by atoms with van der Waals surface area (Å²) >= 11 is 6.12.